The summed E-state index contributed by atoms with van der Waals surface area (Å²) in [5.41, 5.74) is 0. The lowest BCUT2D eigenvalue weighted by atomic mass is 10.1. The van der Waals surface area contributed by atoms with Crippen molar-refractivity contribution in [3.05, 3.63) is 97.2 Å². The number of carbonyl (C=O) groups is 2. The SMILES string of the molecule is CC/C=C\C/C=C\C/C=C\C/C=C\C/C=C\C/C=C\CCC(=O)OC(COC(=O)CCCCCCCCC/C=C\C/C=C\CCCCC)COP(=O)(O)O. The van der Waals surface area contributed by atoms with Crippen molar-refractivity contribution < 1.29 is 37.9 Å². The molecule has 0 bridgehead atoms. The first kappa shape index (κ1) is 51.0. The monoisotopic (exact) mass is 773 g/mol. The van der Waals surface area contributed by atoms with Gasteiger partial charge < -0.3 is 19.3 Å². The standard InChI is InChI=1S/C45H73O8P/c1-3-5-7-9-11-13-15-17-19-21-22-24-26-28-30-32-34-36-38-40-45(47)53-43(42-52-54(48,49)50)41-51-44(46)39-37-35-33-31-29-27-25-23-20-18-16-14-12-10-8-6-4-2/h5,7,11-14,17-20,22,24,28,30,34,36,43H,3-4,6,8-10,15-16,21,23,25-27,29,31-33,35,37-42H2,1-2H3,(H2,48,49,50)/b7-5-,13-11-,14-12-,19-17-,20-18-,24-22-,30-28-,36-34-. The van der Waals surface area contributed by atoms with E-state index in [4.69, 9.17) is 19.3 Å². The minimum absolute atomic E-state index is 0.0794. The molecule has 306 valence electrons. The molecule has 0 radical (unpaired) electrons. The summed E-state index contributed by atoms with van der Waals surface area (Å²) in [5.74, 6) is -1.00. The summed E-state index contributed by atoms with van der Waals surface area (Å²) in [7, 11) is -4.78. The first-order chi connectivity index (χ1) is 26.3. The quantitative estimate of drug-likeness (QED) is 0.0280. The van der Waals surface area contributed by atoms with Crippen LogP contribution in [-0.2, 0) is 28.2 Å². The molecule has 9 heteroatoms. The predicted octanol–water partition coefficient (Wildman–Crippen LogP) is 12.6. The van der Waals surface area contributed by atoms with Crippen LogP contribution in [0.25, 0.3) is 0 Å². The summed E-state index contributed by atoms with van der Waals surface area (Å²) in [5, 5.41) is 0. The van der Waals surface area contributed by atoms with Gasteiger partial charge in [0.25, 0.3) is 0 Å². The molecule has 0 aliphatic heterocycles. The fraction of sp³-hybridized carbons (Fsp3) is 0.600. The average molecular weight is 773 g/mol. The molecule has 54 heavy (non-hydrogen) atoms. The molecule has 0 aromatic heterocycles. The Morgan fingerprint density at radius 1 is 0.500 bits per heavy atom. The molecule has 0 saturated carbocycles. The highest BCUT2D eigenvalue weighted by atomic mass is 31.2. The van der Waals surface area contributed by atoms with E-state index in [1.54, 1.807) is 0 Å². The molecule has 0 aliphatic carbocycles. The Hall–Kier alpha value is -3.03. The van der Waals surface area contributed by atoms with Gasteiger partial charge in [-0.2, -0.15) is 0 Å². The number of carbonyl (C=O) groups excluding carboxylic acids is 2. The van der Waals surface area contributed by atoms with Crippen LogP contribution in [0.4, 0.5) is 0 Å². The van der Waals surface area contributed by atoms with Crippen LogP contribution in [0.5, 0.6) is 0 Å². The van der Waals surface area contributed by atoms with Gasteiger partial charge >= 0.3 is 19.8 Å². The predicted molar refractivity (Wildman–Crippen MR) is 225 cm³/mol. The third kappa shape index (κ3) is 41.7. The number of phosphoric acid groups is 1. The Kier molecular flexibility index (Phi) is 37.4. The molecule has 8 nitrogen and oxygen atoms in total. The summed E-state index contributed by atoms with van der Waals surface area (Å²) in [6.07, 6.45) is 54.2. The molecule has 0 saturated heterocycles. The topological polar surface area (TPSA) is 119 Å². The number of hydrogen-bond acceptors (Lipinski definition) is 6. The largest absolute Gasteiger partial charge is 0.469 e. The van der Waals surface area contributed by atoms with E-state index < -0.39 is 32.5 Å². The number of hydrogen-bond donors (Lipinski definition) is 2. The molecular weight excluding hydrogens is 699 g/mol. The number of ether oxygens (including phenoxy) is 2. The lowest BCUT2D eigenvalue weighted by Gasteiger charge is -2.18. The number of rotatable bonds is 36. The van der Waals surface area contributed by atoms with Crippen molar-refractivity contribution in [3.8, 4) is 0 Å². The number of phosphoric ester groups is 1. The van der Waals surface area contributed by atoms with Gasteiger partial charge in [-0.1, -0.05) is 156 Å². The first-order valence-electron chi connectivity index (χ1n) is 20.5. The summed E-state index contributed by atoms with van der Waals surface area (Å²) >= 11 is 0. The normalized spacial score (nSPS) is 13.5. The Morgan fingerprint density at radius 3 is 1.41 bits per heavy atom. The van der Waals surface area contributed by atoms with Gasteiger partial charge in [-0.25, -0.2) is 4.57 Å². The van der Waals surface area contributed by atoms with E-state index in [9.17, 15) is 14.2 Å². The van der Waals surface area contributed by atoms with E-state index in [1.165, 1.54) is 44.9 Å². The Morgan fingerprint density at radius 2 is 0.926 bits per heavy atom. The van der Waals surface area contributed by atoms with E-state index in [2.05, 4.69) is 103 Å². The van der Waals surface area contributed by atoms with Crippen LogP contribution in [0.1, 0.15) is 155 Å². The number of allylic oxidation sites excluding steroid dienone is 16. The van der Waals surface area contributed by atoms with Gasteiger partial charge in [-0.3, -0.25) is 14.1 Å². The van der Waals surface area contributed by atoms with Crippen LogP contribution in [0.15, 0.2) is 97.2 Å². The minimum Gasteiger partial charge on any atom is -0.462 e. The van der Waals surface area contributed by atoms with Crippen molar-refractivity contribution in [3.63, 3.8) is 0 Å². The Labute approximate surface area is 328 Å². The van der Waals surface area contributed by atoms with Crippen LogP contribution in [0.2, 0.25) is 0 Å². The Bertz CT molecular complexity index is 1190. The zero-order valence-electron chi connectivity index (χ0n) is 33.6. The van der Waals surface area contributed by atoms with E-state index in [-0.39, 0.29) is 19.4 Å². The van der Waals surface area contributed by atoms with Crippen molar-refractivity contribution in [2.75, 3.05) is 13.2 Å². The summed E-state index contributed by atoms with van der Waals surface area (Å²) in [4.78, 5) is 42.8. The molecule has 0 fully saturated rings. The molecule has 0 aromatic rings. The van der Waals surface area contributed by atoms with E-state index >= 15 is 0 Å². The van der Waals surface area contributed by atoms with Crippen LogP contribution >= 0.6 is 7.82 Å². The maximum Gasteiger partial charge on any atom is 0.469 e. The zero-order valence-corrected chi connectivity index (χ0v) is 34.5. The Balaban J connectivity index is 4.10. The summed E-state index contributed by atoms with van der Waals surface area (Å²) in [6.45, 7) is 3.46. The zero-order chi connectivity index (χ0) is 39.6. The fourth-order valence-electron chi connectivity index (χ4n) is 5.07. The van der Waals surface area contributed by atoms with Gasteiger partial charge in [0.15, 0.2) is 6.10 Å². The highest BCUT2D eigenvalue weighted by molar-refractivity contribution is 7.46. The number of esters is 2. The van der Waals surface area contributed by atoms with E-state index in [0.29, 0.717) is 12.8 Å². The summed E-state index contributed by atoms with van der Waals surface area (Å²) in [6, 6.07) is 0. The van der Waals surface area contributed by atoms with Gasteiger partial charge in [-0.05, 0) is 83.5 Å². The number of unbranched alkanes of at least 4 members (excludes halogenated alkanes) is 10. The van der Waals surface area contributed by atoms with Crippen molar-refractivity contribution in [2.45, 2.75) is 161 Å². The molecule has 0 aliphatic rings. The molecule has 0 spiro atoms. The maximum absolute atomic E-state index is 12.4. The van der Waals surface area contributed by atoms with Crippen molar-refractivity contribution in [1.29, 1.82) is 0 Å². The second kappa shape index (κ2) is 39.7. The van der Waals surface area contributed by atoms with Crippen molar-refractivity contribution in [2.24, 2.45) is 0 Å². The molecule has 0 aromatic carbocycles. The van der Waals surface area contributed by atoms with Gasteiger partial charge in [0, 0.05) is 12.8 Å². The highest BCUT2D eigenvalue weighted by Crippen LogP contribution is 2.36. The molecule has 1 atom stereocenters. The molecule has 2 N–H and O–H groups in total. The molecule has 1 unspecified atom stereocenters. The third-order valence-electron chi connectivity index (χ3n) is 8.10. The van der Waals surface area contributed by atoms with E-state index in [1.807, 2.05) is 12.2 Å². The first-order valence-corrected chi connectivity index (χ1v) is 22.1. The van der Waals surface area contributed by atoms with Gasteiger partial charge in [-0.15, -0.1) is 0 Å². The van der Waals surface area contributed by atoms with Crippen LogP contribution in [0.3, 0.4) is 0 Å². The minimum atomic E-state index is -4.78. The maximum atomic E-state index is 12.4. The molecule has 0 heterocycles. The van der Waals surface area contributed by atoms with Crippen LogP contribution in [0, 0.1) is 0 Å². The second-order valence-electron chi connectivity index (χ2n) is 13.2. The van der Waals surface area contributed by atoms with Crippen molar-refractivity contribution in [1.82, 2.24) is 0 Å². The highest BCUT2D eigenvalue weighted by Gasteiger charge is 2.22. The van der Waals surface area contributed by atoms with Gasteiger partial charge in [0.1, 0.15) is 6.61 Å². The van der Waals surface area contributed by atoms with Crippen LogP contribution in [-0.4, -0.2) is 41.0 Å². The van der Waals surface area contributed by atoms with Gasteiger partial charge in [0.05, 0.1) is 6.61 Å². The van der Waals surface area contributed by atoms with Gasteiger partial charge in [0.2, 0.25) is 0 Å². The van der Waals surface area contributed by atoms with E-state index in [0.717, 1.165) is 70.6 Å². The lowest BCUT2D eigenvalue weighted by molar-refractivity contribution is -0.161. The van der Waals surface area contributed by atoms with Crippen molar-refractivity contribution >= 4 is 19.8 Å². The smallest absolute Gasteiger partial charge is 0.462 e. The lowest BCUT2D eigenvalue weighted by Crippen LogP contribution is -2.29. The molecular formula is C45H73O8P. The second-order valence-corrected chi connectivity index (χ2v) is 14.5. The average Bonchev–Trinajstić information content (AvgIpc) is 3.14. The van der Waals surface area contributed by atoms with Crippen LogP contribution < -0.4 is 0 Å². The summed E-state index contributed by atoms with van der Waals surface area (Å²) < 4.78 is 26.3. The molecule has 0 rings (SSSR count). The third-order valence-corrected chi connectivity index (χ3v) is 8.59. The molecule has 0 amide bonds. The fourth-order valence-corrected chi connectivity index (χ4v) is 5.43.